The Bertz CT molecular complexity index is 894. The predicted molar refractivity (Wildman–Crippen MR) is 127 cm³/mol. The Morgan fingerprint density at radius 1 is 1.09 bits per heavy atom. The molecule has 184 valence electrons. The first kappa shape index (κ1) is 22.6. The molecule has 1 aliphatic heterocycles. The topological polar surface area (TPSA) is 55.8 Å². The fourth-order valence-electron chi connectivity index (χ4n) is 11.0. The summed E-state index contributed by atoms with van der Waals surface area (Å²) >= 11 is 0. The van der Waals surface area contributed by atoms with Gasteiger partial charge in [-0.1, -0.05) is 20.8 Å². The van der Waals surface area contributed by atoms with Crippen molar-refractivity contribution in [3.8, 4) is 0 Å². The van der Waals surface area contributed by atoms with Crippen molar-refractivity contribution in [1.29, 1.82) is 0 Å². The third kappa shape index (κ3) is 2.63. The lowest BCUT2D eigenvalue weighted by Crippen LogP contribution is -2.57. The van der Waals surface area contributed by atoms with Gasteiger partial charge in [-0.05, 0) is 117 Å². The van der Waals surface area contributed by atoms with Crippen LogP contribution in [0, 0.1) is 51.8 Å². The lowest BCUT2D eigenvalue weighted by atomic mass is 9.45. The van der Waals surface area contributed by atoms with Gasteiger partial charge in [0.15, 0.2) is 0 Å². The Labute approximate surface area is 199 Å². The summed E-state index contributed by atoms with van der Waals surface area (Å²) in [7, 11) is 1.96. The van der Waals surface area contributed by atoms with Gasteiger partial charge in [0.1, 0.15) is 12.2 Å². The van der Waals surface area contributed by atoms with Gasteiger partial charge in [0.05, 0.1) is 6.10 Å². The first-order valence-electron chi connectivity index (χ1n) is 13.7. The molecule has 5 fully saturated rings. The number of hydrogen-bond donors (Lipinski definition) is 1. The molecule has 4 nitrogen and oxygen atoms in total. The lowest BCUT2D eigenvalue weighted by Gasteiger charge is -2.61. The van der Waals surface area contributed by atoms with E-state index >= 15 is 0 Å². The van der Waals surface area contributed by atoms with Crippen molar-refractivity contribution in [3.63, 3.8) is 0 Å². The van der Waals surface area contributed by atoms with Gasteiger partial charge in [0.2, 0.25) is 0 Å². The van der Waals surface area contributed by atoms with Gasteiger partial charge in [-0.25, -0.2) is 4.79 Å². The molecule has 6 rings (SSSR count). The number of cyclic esters (lactones) is 1. The second-order valence-electron chi connectivity index (χ2n) is 13.4. The standard InChI is InChI=1S/C29H44O4/c1-15-16(2)26(31)33-25(24(15)30)17(3)20-7-8-21-19-13-23(32-6)29-14-18(29)9-12-28(29,5)22(19)10-11-27(20,21)4/h17-25,30H,7-14H2,1-6H3/t17-,18+,19-,20+,21-,22-,23+,24-,25-,27+,28+,29-/m0/s1. The third-order valence-corrected chi connectivity index (χ3v) is 13.0. The van der Waals surface area contributed by atoms with E-state index in [0.29, 0.717) is 28.4 Å². The Morgan fingerprint density at radius 2 is 1.85 bits per heavy atom. The summed E-state index contributed by atoms with van der Waals surface area (Å²) in [5.41, 5.74) is 2.56. The van der Waals surface area contributed by atoms with Crippen LogP contribution >= 0.6 is 0 Å². The van der Waals surface area contributed by atoms with E-state index < -0.39 is 12.2 Å². The number of aliphatic hydroxyl groups excluding tert-OH is 1. The van der Waals surface area contributed by atoms with Gasteiger partial charge in [-0.2, -0.15) is 0 Å². The first-order chi connectivity index (χ1) is 15.6. The predicted octanol–water partition coefficient (Wildman–Crippen LogP) is 5.53. The van der Waals surface area contributed by atoms with Crippen molar-refractivity contribution in [3.05, 3.63) is 11.1 Å². The van der Waals surface area contributed by atoms with Gasteiger partial charge < -0.3 is 14.6 Å². The SMILES string of the molecule is CO[C@@H]1C[C@H]2[C@@H]3CC[C@H]([C@H](C)[C@@H]4OC(=O)C(C)=C(C)[C@@H]4O)[C@@]3(C)CC[C@@H]2[C@@]2(C)CC[C@@H]3C[C@]312. The second-order valence-corrected chi connectivity index (χ2v) is 13.4. The molecule has 12 atom stereocenters. The van der Waals surface area contributed by atoms with Crippen LogP contribution in [0.1, 0.15) is 86.0 Å². The maximum Gasteiger partial charge on any atom is 0.334 e. The van der Waals surface area contributed by atoms with E-state index in [1.54, 1.807) is 6.92 Å². The second kappa shape index (κ2) is 7.09. The van der Waals surface area contributed by atoms with Crippen LogP contribution in [-0.2, 0) is 14.3 Å². The molecule has 5 aliphatic carbocycles. The highest BCUT2D eigenvalue weighted by molar-refractivity contribution is 5.90. The molecule has 4 heteroatoms. The van der Waals surface area contributed by atoms with E-state index in [0.717, 1.165) is 29.2 Å². The lowest BCUT2D eigenvalue weighted by molar-refractivity contribution is -0.170. The Hall–Kier alpha value is -0.870. The van der Waals surface area contributed by atoms with E-state index in [1.807, 2.05) is 14.0 Å². The average molecular weight is 457 g/mol. The number of esters is 1. The fourth-order valence-corrected chi connectivity index (χ4v) is 11.0. The molecule has 0 aromatic carbocycles. The molecule has 0 radical (unpaired) electrons. The molecule has 0 unspecified atom stereocenters. The summed E-state index contributed by atoms with van der Waals surface area (Å²) in [6.45, 7) is 11.1. The van der Waals surface area contributed by atoms with E-state index in [-0.39, 0.29) is 17.3 Å². The highest BCUT2D eigenvalue weighted by Gasteiger charge is 2.77. The molecule has 0 aromatic rings. The molecule has 1 spiro atoms. The Morgan fingerprint density at radius 3 is 2.55 bits per heavy atom. The molecular weight excluding hydrogens is 412 g/mol. The molecule has 0 bridgehead atoms. The van der Waals surface area contributed by atoms with Crippen molar-refractivity contribution < 1.29 is 19.4 Å². The third-order valence-electron chi connectivity index (χ3n) is 13.0. The van der Waals surface area contributed by atoms with E-state index in [4.69, 9.17) is 9.47 Å². The minimum atomic E-state index is -0.673. The van der Waals surface area contributed by atoms with Crippen molar-refractivity contribution in [2.75, 3.05) is 7.11 Å². The van der Waals surface area contributed by atoms with Gasteiger partial charge in [0, 0.05) is 18.1 Å². The Balaban J connectivity index is 1.28. The van der Waals surface area contributed by atoms with Gasteiger partial charge >= 0.3 is 5.97 Å². The minimum Gasteiger partial charge on any atom is -0.456 e. The summed E-state index contributed by atoms with van der Waals surface area (Å²) in [4.78, 5) is 12.5. The zero-order valence-electron chi connectivity index (χ0n) is 21.5. The van der Waals surface area contributed by atoms with Crippen LogP contribution in [0.5, 0.6) is 0 Å². The molecule has 0 saturated heterocycles. The molecule has 5 saturated carbocycles. The van der Waals surface area contributed by atoms with E-state index in [2.05, 4.69) is 20.8 Å². The summed E-state index contributed by atoms with van der Waals surface area (Å²) in [5.74, 6) is 3.65. The van der Waals surface area contributed by atoms with Gasteiger partial charge in [0.25, 0.3) is 0 Å². The average Bonchev–Trinajstić information content (AvgIpc) is 3.30. The molecule has 6 aliphatic rings. The van der Waals surface area contributed by atoms with Gasteiger partial charge in [-0.15, -0.1) is 0 Å². The van der Waals surface area contributed by atoms with Crippen LogP contribution in [0.3, 0.4) is 0 Å². The number of ether oxygens (including phenoxy) is 2. The normalized spacial score (nSPS) is 55.9. The molecule has 33 heavy (non-hydrogen) atoms. The highest BCUT2D eigenvalue weighted by Crippen LogP contribution is 2.82. The monoisotopic (exact) mass is 456 g/mol. The van der Waals surface area contributed by atoms with Crippen LogP contribution in [0.2, 0.25) is 0 Å². The van der Waals surface area contributed by atoms with Crippen LogP contribution in [0.25, 0.3) is 0 Å². The minimum absolute atomic E-state index is 0.168. The quantitative estimate of drug-likeness (QED) is 0.568. The zero-order chi connectivity index (χ0) is 23.5. The first-order valence-corrected chi connectivity index (χ1v) is 13.7. The number of carbonyl (C=O) groups excluding carboxylic acids is 1. The summed E-state index contributed by atoms with van der Waals surface area (Å²) in [6, 6.07) is 0. The van der Waals surface area contributed by atoms with Crippen LogP contribution in [0.15, 0.2) is 11.1 Å². The maximum absolute atomic E-state index is 12.5. The maximum atomic E-state index is 12.5. The molecule has 1 heterocycles. The van der Waals surface area contributed by atoms with Crippen LogP contribution < -0.4 is 0 Å². The number of carbonyl (C=O) groups is 1. The molecule has 0 amide bonds. The van der Waals surface area contributed by atoms with Crippen LogP contribution in [-0.4, -0.2) is 36.5 Å². The number of hydrogen-bond acceptors (Lipinski definition) is 4. The summed E-state index contributed by atoms with van der Waals surface area (Å²) in [6.07, 6.45) is 9.91. The van der Waals surface area contributed by atoms with Crippen molar-refractivity contribution in [1.82, 2.24) is 0 Å². The smallest absolute Gasteiger partial charge is 0.334 e. The molecule has 0 aromatic heterocycles. The molecular formula is C29H44O4. The van der Waals surface area contributed by atoms with Crippen molar-refractivity contribution in [2.24, 2.45) is 51.8 Å². The molecule has 1 N–H and O–H groups in total. The van der Waals surface area contributed by atoms with Crippen molar-refractivity contribution >= 4 is 5.97 Å². The summed E-state index contributed by atoms with van der Waals surface area (Å²) in [5, 5.41) is 11.0. The van der Waals surface area contributed by atoms with Gasteiger partial charge in [-0.3, -0.25) is 0 Å². The number of methoxy groups -OCH3 is 1. The van der Waals surface area contributed by atoms with E-state index in [1.165, 1.54) is 51.4 Å². The Kier molecular flexibility index (Phi) is 4.85. The number of aliphatic hydroxyl groups is 1. The highest BCUT2D eigenvalue weighted by atomic mass is 16.6. The summed E-state index contributed by atoms with van der Waals surface area (Å²) < 4.78 is 12.1. The van der Waals surface area contributed by atoms with E-state index in [9.17, 15) is 9.90 Å². The van der Waals surface area contributed by atoms with Crippen molar-refractivity contribution in [2.45, 2.75) is 104 Å². The fraction of sp³-hybridized carbons (Fsp3) is 0.897. The number of rotatable bonds is 3. The van der Waals surface area contributed by atoms with Crippen LogP contribution in [0.4, 0.5) is 0 Å². The number of fused-ring (bicyclic) bond motifs is 4. The largest absolute Gasteiger partial charge is 0.456 e. The zero-order valence-corrected chi connectivity index (χ0v) is 21.5.